The number of hydrogen-bond donors (Lipinski definition) is 5. The van der Waals surface area contributed by atoms with Gasteiger partial charge in [0.2, 0.25) is 0 Å². The highest BCUT2D eigenvalue weighted by molar-refractivity contribution is 5.85. The van der Waals surface area contributed by atoms with Crippen molar-refractivity contribution >= 4 is 12.4 Å². The molecule has 2 atom stereocenters. The van der Waals surface area contributed by atoms with Gasteiger partial charge >= 0.3 is 0 Å². The van der Waals surface area contributed by atoms with Crippen LogP contribution in [0.4, 0.5) is 0 Å². The Kier molecular flexibility index (Phi) is 53.4. The van der Waals surface area contributed by atoms with Crippen molar-refractivity contribution in [3.8, 4) is 0 Å². The maximum Gasteiger partial charge on any atom is 0.0722 e. The van der Waals surface area contributed by atoms with E-state index >= 15 is 0 Å². The Morgan fingerprint density at radius 2 is 1.08 bits per heavy atom. The van der Waals surface area contributed by atoms with Crippen molar-refractivity contribution in [1.82, 2.24) is 6.15 Å². The van der Waals surface area contributed by atoms with E-state index in [-0.39, 0.29) is 31.8 Å². The lowest BCUT2D eigenvalue weighted by atomic mass is 10.0. The Balaban J connectivity index is -0.000000265. The highest BCUT2D eigenvalue weighted by atomic mass is 35.5. The lowest BCUT2D eigenvalue weighted by molar-refractivity contribution is 0.162. The van der Waals surface area contributed by atoms with Crippen LogP contribution in [0.25, 0.3) is 0 Å². The third kappa shape index (κ3) is 49.1. The Morgan fingerprint density at radius 1 is 0.676 bits per heavy atom. The van der Waals surface area contributed by atoms with Gasteiger partial charge in [0.25, 0.3) is 0 Å². The number of allylic oxidation sites excluding steroid dienone is 2. The van der Waals surface area contributed by atoms with Crippen molar-refractivity contribution in [1.29, 1.82) is 0 Å². The molecule has 37 heavy (non-hydrogen) atoms. The standard InChI is InChI=1S/C24H46O2.C4H10O.C2H6O2.ClH.H3N/c1-4-5-6-7-8-9-10-11-12-13-14-15-16-17-18-19-20-24(23(3)26)21-22(2)25;1-3-5-4-2;3-1-2-4;;/h11-12,21-23,25-26H,4-10,13-20H2,1-3H3;3-4H2,1-2H3;3-4H,1-2H2;1H;1H3/b12-11-,24-21-;;;;. The summed E-state index contributed by atoms with van der Waals surface area (Å²) in [4.78, 5) is 0. The number of halogens is 1. The van der Waals surface area contributed by atoms with Gasteiger partial charge in [-0.1, -0.05) is 82.9 Å². The smallest absolute Gasteiger partial charge is 0.0722 e. The molecule has 0 saturated heterocycles. The molecule has 0 heterocycles. The minimum Gasteiger partial charge on any atom is -0.394 e. The molecule has 228 valence electrons. The lowest BCUT2D eigenvalue weighted by Crippen LogP contribution is -2.08. The van der Waals surface area contributed by atoms with Crippen molar-refractivity contribution in [2.75, 3.05) is 26.4 Å². The summed E-state index contributed by atoms with van der Waals surface area (Å²) in [6.45, 7) is 11.2. The first kappa shape index (κ1) is 46.4. The van der Waals surface area contributed by atoms with E-state index in [4.69, 9.17) is 14.9 Å². The topological polar surface area (TPSA) is 125 Å². The van der Waals surface area contributed by atoms with E-state index in [0.717, 1.165) is 31.6 Å². The fourth-order valence-electron chi connectivity index (χ4n) is 3.52. The van der Waals surface area contributed by atoms with Gasteiger partial charge in [-0.2, -0.15) is 0 Å². The van der Waals surface area contributed by atoms with E-state index in [1.807, 2.05) is 13.8 Å². The number of aliphatic hydroxyl groups excluding tert-OH is 4. The van der Waals surface area contributed by atoms with Crippen LogP contribution in [0, 0.1) is 0 Å². The second-order valence-corrected chi connectivity index (χ2v) is 9.07. The van der Waals surface area contributed by atoms with Gasteiger partial charge in [0.15, 0.2) is 0 Å². The highest BCUT2D eigenvalue weighted by Crippen LogP contribution is 2.16. The largest absolute Gasteiger partial charge is 0.394 e. The molecule has 0 spiro atoms. The molecule has 0 aromatic heterocycles. The van der Waals surface area contributed by atoms with Crippen LogP contribution in [0.15, 0.2) is 23.8 Å². The molecule has 0 aromatic rings. The van der Waals surface area contributed by atoms with Gasteiger partial charge in [0.05, 0.1) is 25.4 Å². The Labute approximate surface area is 237 Å². The zero-order valence-electron chi connectivity index (χ0n) is 25.1. The van der Waals surface area contributed by atoms with Crippen LogP contribution in [-0.4, -0.2) is 59.1 Å². The third-order valence-corrected chi connectivity index (χ3v) is 5.48. The average Bonchev–Trinajstić information content (AvgIpc) is 2.83. The predicted molar refractivity (Wildman–Crippen MR) is 164 cm³/mol. The maximum absolute atomic E-state index is 9.70. The van der Waals surface area contributed by atoms with Crippen molar-refractivity contribution in [3.05, 3.63) is 23.8 Å². The normalized spacial score (nSPS) is 12.4. The first-order valence-corrected chi connectivity index (χ1v) is 14.4. The van der Waals surface area contributed by atoms with Gasteiger partial charge < -0.3 is 31.3 Å². The number of hydrogen-bond acceptors (Lipinski definition) is 6. The van der Waals surface area contributed by atoms with Crippen LogP contribution >= 0.6 is 12.4 Å². The van der Waals surface area contributed by atoms with Gasteiger partial charge in [0, 0.05) is 13.2 Å². The molecule has 0 fully saturated rings. The number of rotatable bonds is 21. The highest BCUT2D eigenvalue weighted by Gasteiger charge is 2.06. The van der Waals surface area contributed by atoms with Crippen LogP contribution in [-0.2, 0) is 4.74 Å². The fraction of sp³-hybridized carbons (Fsp3) is 0.867. The second-order valence-electron chi connectivity index (χ2n) is 9.07. The molecule has 0 bridgehead atoms. The summed E-state index contributed by atoms with van der Waals surface area (Å²) >= 11 is 0. The van der Waals surface area contributed by atoms with Gasteiger partial charge in [0.1, 0.15) is 0 Å². The van der Waals surface area contributed by atoms with E-state index in [0.29, 0.717) is 0 Å². The molecule has 0 aliphatic rings. The van der Waals surface area contributed by atoms with E-state index < -0.39 is 12.2 Å². The molecule has 0 saturated carbocycles. The predicted octanol–water partition coefficient (Wildman–Crippen LogP) is 7.70. The molecule has 2 unspecified atom stereocenters. The van der Waals surface area contributed by atoms with Gasteiger partial charge in [-0.3, -0.25) is 0 Å². The first-order chi connectivity index (χ1) is 16.9. The van der Waals surface area contributed by atoms with Crippen LogP contribution in [0.2, 0.25) is 0 Å². The molecule has 7 heteroatoms. The SMILES string of the molecule is CCCCCCCC/C=C\CCCCCCCC/C(=C/C(C)O)C(C)O.CCOCC.Cl.N.OCCO. The lowest BCUT2D eigenvalue weighted by Gasteiger charge is -2.12. The average molecular weight is 556 g/mol. The van der Waals surface area contributed by atoms with Crippen LogP contribution in [0.1, 0.15) is 131 Å². The van der Waals surface area contributed by atoms with E-state index in [9.17, 15) is 10.2 Å². The molecular weight excluding hydrogens is 490 g/mol. The summed E-state index contributed by atoms with van der Waals surface area (Å²) in [7, 11) is 0. The Morgan fingerprint density at radius 3 is 1.41 bits per heavy atom. The molecular formula is C30H66ClNO5. The minimum absolute atomic E-state index is 0. The Bertz CT molecular complexity index is 428. The zero-order valence-corrected chi connectivity index (χ0v) is 26.0. The quantitative estimate of drug-likeness (QED) is 0.0729. The van der Waals surface area contributed by atoms with Gasteiger partial charge in [-0.05, 0) is 71.8 Å². The molecule has 0 aliphatic heterocycles. The number of ether oxygens (including phenoxy) is 1. The summed E-state index contributed by atoms with van der Waals surface area (Å²) in [6.07, 6.45) is 24.9. The molecule has 0 aromatic carbocycles. The molecule has 0 radical (unpaired) electrons. The summed E-state index contributed by atoms with van der Waals surface area (Å²) in [5.41, 5.74) is 0.982. The molecule has 6 nitrogen and oxygen atoms in total. The minimum atomic E-state index is -0.464. The molecule has 0 amide bonds. The Hall–Kier alpha value is -0.470. The fourth-order valence-corrected chi connectivity index (χ4v) is 3.52. The molecule has 0 aliphatic carbocycles. The third-order valence-electron chi connectivity index (χ3n) is 5.48. The summed E-state index contributed by atoms with van der Waals surface area (Å²) in [5.74, 6) is 0. The maximum atomic E-state index is 9.70. The molecule has 7 N–H and O–H groups in total. The summed E-state index contributed by atoms with van der Waals surface area (Å²) in [6, 6.07) is 0. The number of unbranched alkanes of at least 4 members (excludes halogenated alkanes) is 12. The van der Waals surface area contributed by atoms with Crippen molar-refractivity contribution < 1.29 is 25.2 Å². The van der Waals surface area contributed by atoms with Crippen molar-refractivity contribution in [2.45, 2.75) is 143 Å². The molecule has 0 rings (SSSR count). The summed E-state index contributed by atoms with van der Waals surface area (Å²) in [5, 5.41) is 34.4. The zero-order chi connectivity index (χ0) is 27.0. The van der Waals surface area contributed by atoms with Crippen molar-refractivity contribution in [3.63, 3.8) is 0 Å². The van der Waals surface area contributed by atoms with Crippen LogP contribution < -0.4 is 6.15 Å². The van der Waals surface area contributed by atoms with E-state index in [1.54, 1.807) is 19.9 Å². The summed E-state index contributed by atoms with van der Waals surface area (Å²) < 4.78 is 4.83. The van der Waals surface area contributed by atoms with Gasteiger partial charge in [-0.15, -0.1) is 12.4 Å². The van der Waals surface area contributed by atoms with Crippen LogP contribution in [0.5, 0.6) is 0 Å². The van der Waals surface area contributed by atoms with Gasteiger partial charge in [-0.25, -0.2) is 0 Å². The first-order valence-electron chi connectivity index (χ1n) is 14.4. The van der Waals surface area contributed by atoms with Crippen molar-refractivity contribution in [2.24, 2.45) is 0 Å². The monoisotopic (exact) mass is 555 g/mol. The van der Waals surface area contributed by atoms with E-state index in [1.165, 1.54) is 83.5 Å². The van der Waals surface area contributed by atoms with Crippen LogP contribution in [0.3, 0.4) is 0 Å². The number of aliphatic hydroxyl groups is 4. The second kappa shape index (κ2) is 42.6. The van der Waals surface area contributed by atoms with E-state index in [2.05, 4.69) is 19.1 Å².